The van der Waals surface area contributed by atoms with Crippen LogP contribution in [-0.2, 0) is 5.75 Å². The second-order valence-electron chi connectivity index (χ2n) is 8.97. The molecule has 0 atom stereocenters. The maximum absolute atomic E-state index is 12.6. The molecule has 7 heteroatoms. The zero-order chi connectivity index (χ0) is 24.1. The van der Waals surface area contributed by atoms with Crippen LogP contribution >= 0.6 is 23.4 Å². The molecule has 0 aliphatic heterocycles. The highest BCUT2D eigenvalue weighted by Crippen LogP contribution is 2.29. The number of carbonyl (C=O) groups is 1. The van der Waals surface area contributed by atoms with E-state index in [-0.39, 0.29) is 5.91 Å². The summed E-state index contributed by atoms with van der Waals surface area (Å²) in [6.45, 7) is 4.10. The number of rotatable bonds is 7. The highest BCUT2D eigenvalue weighted by Gasteiger charge is 2.20. The van der Waals surface area contributed by atoms with E-state index < -0.39 is 0 Å². The first-order valence-electron chi connectivity index (χ1n) is 11.8. The summed E-state index contributed by atoms with van der Waals surface area (Å²) < 4.78 is 0. The summed E-state index contributed by atoms with van der Waals surface area (Å²) in [5, 5.41) is 4.10. The summed E-state index contributed by atoms with van der Waals surface area (Å²) >= 11 is 7.87. The number of halogens is 1. The molecule has 0 spiro atoms. The van der Waals surface area contributed by atoms with E-state index in [0.29, 0.717) is 27.7 Å². The van der Waals surface area contributed by atoms with Gasteiger partial charge in [0.25, 0.3) is 5.91 Å². The Balaban J connectivity index is 1.37. The first kappa shape index (κ1) is 24.6. The van der Waals surface area contributed by atoms with Crippen LogP contribution in [0.15, 0.2) is 53.7 Å². The molecule has 0 unspecified atom stereocenters. The number of amides is 1. The number of thioether (sulfide) groups is 1. The number of carbonyl (C=O) groups excluding carboxylic acids is 1. The molecule has 4 rings (SSSR count). The normalized spacial score (nSPS) is 14.1. The summed E-state index contributed by atoms with van der Waals surface area (Å²) in [7, 11) is 2.10. The van der Waals surface area contributed by atoms with Crippen molar-refractivity contribution >= 4 is 40.8 Å². The van der Waals surface area contributed by atoms with Crippen LogP contribution in [0.25, 0.3) is 0 Å². The highest BCUT2D eigenvalue weighted by molar-refractivity contribution is 7.98. The molecule has 5 nitrogen and oxygen atoms in total. The van der Waals surface area contributed by atoms with E-state index >= 15 is 0 Å². The zero-order valence-electron chi connectivity index (χ0n) is 20.0. The molecular formula is C27H31ClN4OS. The third-order valence-corrected chi connectivity index (χ3v) is 7.61. The highest BCUT2D eigenvalue weighted by atomic mass is 35.5. The molecule has 1 aromatic heterocycles. The van der Waals surface area contributed by atoms with E-state index in [1.165, 1.54) is 37.7 Å². The van der Waals surface area contributed by atoms with Gasteiger partial charge in [0.1, 0.15) is 11.0 Å². The Labute approximate surface area is 211 Å². The third-order valence-electron chi connectivity index (χ3n) is 6.49. The number of hydrogen-bond donors (Lipinski definition) is 1. The molecule has 1 amide bonds. The lowest BCUT2D eigenvalue weighted by molar-refractivity contribution is 0.102. The Kier molecular flexibility index (Phi) is 8.11. The maximum Gasteiger partial charge on any atom is 0.255 e. The number of aromatic nitrogens is 2. The number of benzene rings is 2. The monoisotopic (exact) mass is 494 g/mol. The van der Waals surface area contributed by atoms with Gasteiger partial charge in [0.15, 0.2) is 5.16 Å². The van der Waals surface area contributed by atoms with Crippen molar-refractivity contribution in [3.05, 3.63) is 75.9 Å². The lowest BCUT2D eigenvalue weighted by Gasteiger charge is -2.32. The van der Waals surface area contributed by atoms with E-state index in [1.54, 1.807) is 11.8 Å². The van der Waals surface area contributed by atoms with Gasteiger partial charge in [0.05, 0.1) is 0 Å². The Bertz CT molecular complexity index is 1150. The first-order valence-corrected chi connectivity index (χ1v) is 13.1. The SMILES string of the molecule is Cc1ccc(NC(=O)c2ccc(CSc3nc(Cl)cc(N(C)C4CCCCC4)n3)cc2)cc1C. The fourth-order valence-electron chi connectivity index (χ4n) is 4.21. The Hall–Kier alpha value is -2.57. The average molecular weight is 495 g/mol. The number of nitrogens with one attached hydrogen (secondary N) is 1. The van der Waals surface area contributed by atoms with E-state index in [9.17, 15) is 4.79 Å². The van der Waals surface area contributed by atoms with Gasteiger partial charge in [0, 0.05) is 36.2 Å². The average Bonchev–Trinajstić information content (AvgIpc) is 2.85. The molecule has 1 heterocycles. The minimum absolute atomic E-state index is 0.115. The van der Waals surface area contributed by atoms with Gasteiger partial charge in [-0.15, -0.1) is 0 Å². The smallest absolute Gasteiger partial charge is 0.255 e. The summed E-state index contributed by atoms with van der Waals surface area (Å²) in [6, 6.07) is 16.0. The van der Waals surface area contributed by atoms with E-state index in [1.807, 2.05) is 55.5 Å². The van der Waals surface area contributed by atoms with Crippen molar-refractivity contribution in [2.75, 3.05) is 17.3 Å². The predicted molar refractivity (Wildman–Crippen MR) is 142 cm³/mol. The zero-order valence-corrected chi connectivity index (χ0v) is 21.5. The lowest BCUT2D eigenvalue weighted by atomic mass is 9.94. The largest absolute Gasteiger partial charge is 0.357 e. The molecular weight excluding hydrogens is 464 g/mol. The molecule has 1 fully saturated rings. The van der Waals surface area contributed by atoms with E-state index in [0.717, 1.165) is 22.6 Å². The lowest BCUT2D eigenvalue weighted by Crippen LogP contribution is -2.34. The fraction of sp³-hybridized carbons (Fsp3) is 0.370. The summed E-state index contributed by atoms with van der Waals surface area (Å²) in [5.41, 5.74) is 4.89. The Morgan fingerprint density at radius 3 is 2.47 bits per heavy atom. The first-order chi connectivity index (χ1) is 16.4. The fourth-order valence-corrected chi connectivity index (χ4v) is 5.25. The molecule has 34 heavy (non-hydrogen) atoms. The standard InChI is InChI=1S/C27H31ClN4OS/c1-18-9-14-22(15-19(18)2)29-26(33)21-12-10-20(11-13-21)17-34-27-30-24(28)16-25(31-27)32(3)23-7-5-4-6-8-23/h9-16,23H,4-8,17H2,1-3H3,(H,29,33). The van der Waals surface area contributed by atoms with Gasteiger partial charge >= 0.3 is 0 Å². The van der Waals surface area contributed by atoms with Gasteiger partial charge < -0.3 is 10.2 Å². The topological polar surface area (TPSA) is 58.1 Å². The minimum Gasteiger partial charge on any atom is -0.357 e. The number of anilines is 2. The minimum atomic E-state index is -0.115. The molecule has 0 saturated heterocycles. The summed E-state index contributed by atoms with van der Waals surface area (Å²) in [5.74, 6) is 1.47. The predicted octanol–water partition coefficient (Wildman–Crippen LogP) is 7.06. The van der Waals surface area contributed by atoms with Crippen molar-refractivity contribution in [2.45, 2.75) is 62.9 Å². The summed E-state index contributed by atoms with van der Waals surface area (Å²) in [6.07, 6.45) is 6.26. The molecule has 1 N–H and O–H groups in total. The second kappa shape index (κ2) is 11.2. The molecule has 2 aromatic carbocycles. The maximum atomic E-state index is 12.6. The van der Waals surface area contributed by atoms with Crippen LogP contribution in [0.2, 0.25) is 5.15 Å². The molecule has 0 bridgehead atoms. The van der Waals surface area contributed by atoms with Gasteiger partial charge in [-0.2, -0.15) is 0 Å². The van der Waals surface area contributed by atoms with Crippen LogP contribution in [0.1, 0.15) is 59.2 Å². The molecule has 1 saturated carbocycles. The van der Waals surface area contributed by atoms with Crippen LogP contribution in [0.3, 0.4) is 0 Å². The number of nitrogens with zero attached hydrogens (tertiary/aromatic N) is 3. The van der Waals surface area contributed by atoms with Crippen molar-refractivity contribution in [3.63, 3.8) is 0 Å². The second-order valence-corrected chi connectivity index (χ2v) is 10.3. The van der Waals surface area contributed by atoms with Crippen molar-refractivity contribution < 1.29 is 4.79 Å². The Morgan fingerprint density at radius 2 is 1.76 bits per heavy atom. The van der Waals surface area contributed by atoms with Crippen LogP contribution in [0.4, 0.5) is 11.5 Å². The van der Waals surface area contributed by atoms with Crippen LogP contribution in [-0.4, -0.2) is 29.0 Å². The van der Waals surface area contributed by atoms with Crippen LogP contribution in [0, 0.1) is 13.8 Å². The van der Waals surface area contributed by atoms with E-state index in [2.05, 4.69) is 29.2 Å². The van der Waals surface area contributed by atoms with Gasteiger partial charge in [-0.3, -0.25) is 4.79 Å². The number of hydrogen-bond acceptors (Lipinski definition) is 5. The number of aryl methyl sites for hydroxylation is 2. The molecule has 1 aliphatic rings. The van der Waals surface area contributed by atoms with Crippen molar-refractivity contribution in [3.8, 4) is 0 Å². The van der Waals surface area contributed by atoms with Crippen LogP contribution in [0.5, 0.6) is 0 Å². The van der Waals surface area contributed by atoms with Crippen molar-refractivity contribution in [1.29, 1.82) is 0 Å². The summed E-state index contributed by atoms with van der Waals surface area (Å²) in [4.78, 5) is 24.0. The van der Waals surface area contributed by atoms with Crippen molar-refractivity contribution in [1.82, 2.24) is 9.97 Å². The van der Waals surface area contributed by atoms with Gasteiger partial charge in [-0.1, -0.05) is 60.8 Å². The van der Waals surface area contributed by atoms with Gasteiger partial charge in [-0.05, 0) is 67.6 Å². The van der Waals surface area contributed by atoms with E-state index in [4.69, 9.17) is 16.6 Å². The quantitative estimate of drug-likeness (QED) is 0.216. The van der Waals surface area contributed by atoms with Gasteiger partial charge in [0.2, 0.25) is 0 Å². The molecule has 1 aliphatic carbocycles. The Morgan fingerprint density at radius 1 is 1.03 bits per heavy atom. The molecule has 178 valence electrons. The third kappa shape index (κ3) is 6.30. The van der Waals surface area contributed by atoms with Crippen LogP contribution < -0.4 is 10.2 Å². The van der Waals surface area contributed by atoms with Gasteiger partial charge in [-0.25, -0.2) is 9.97 Å². The van der Waals surface area contributed by atoms with Crippen molar-refractivity contribution in [2.24, 2.45) is 0 Å². The molecule has 0 radical (unpaired) electrons. The molecule has 3 aromatic rings.